The number of halogens is 1. The van der Waals surface area contributed by atoms with Crippen LogP contribution in [-0.2, 0) is 0 Å². The van der Waals surface area contributed by atoms with Crippen LogP contribution in [0.25, 0.3) is 0 Å². The lowest BCUT2D eigenvalue weighted by atomic mass is 9.92. The summed E-state index contributed by atoms with van der Waals surface area (Å²) >= 11 is 3.65. The Labute approximate surface area is 115 Å². The first kappa shape index (κ1) is 13.8. The maximum Gasteiger partial charge on any atom is 0.0223 e. The molecule has 0 aromatic heterocycles. The van der Waals surface area contributed by atoms with Gasteiger partial charge < -0.3 is 0 Å². The number of nitrogens with zero attached hydrogens (tertiary/aromatic N) is 2. The molecular weight excluding hydrogens is 276 g/mol. The van der Waals surface area contributed by atoms with Gasteiger partial charge in [-0.1, -0.05) is 36.2 Å². The van der Waals surface area contributed by atoms with Gasteiger partial charge in [0.2, 0.25) is 0 Å². The maximum absolute atomic E-state index is 3.65. The molecule has 2 fully saturated rings. The minimum Gasteiger partial charge on any atom is -0.298 e. The summed E-state index contributed by atoms with van der Waals surface area (Å²) < 4.78 is 0. The molecule has 0 aliphatic carbocycles. The topological polar surface area (TPSA) is 6.48 Å². The summed E-state index contributed by atoms with van der Waals surface area (Å²) in [4.78, 5) is 5.44. The SMILES string of the molecule is CC1CN2CCCCC2CN1CC(C)(C)CBr. The van der Waals surface area contributed by atoms with Gasteiger partial charge in [-0.25, -0.2) is 0 Å². The third kappa shape index (κ3) is 3.45. The van der Waals surface area contributed by atoms with E-state index in [2.05, 4.69) is 46.5 Å². The third-order valence-electron chi connectivity index (χ3n) is 4.31. The van der Waals surface area contributed by atoms with Crippen LogP contribution in [0.5, 0.6) is 0 Å². The molecule has 2 unspecified atom stereocenters. The number of hydrogen-bond donors (Lipinski definition) is 0. The van der Waals surface area contributed by atoms with Gasteiger partial charge in [-0.15, -0.1) is 0 Å². The highest BCUT2D eigenvalue weighted by molar-refractivity contribution is 9.09. The van der Waals surface area contributed by atoms with Gasteiger partial charge in [-0.3, -0.25) is 9.80 Å². The number of piperazine rings is 1. The van der Waals surface area contributed by atoms with Crippen molar-refractivity contribution < 1.29 is 0 Å². The van der Waals surface area contributed by atoms with Crippen LogP contribution in [0.4, 0.5) is 0 Å². The lowest BCUT2D eigenvalue weighted by Crippen LogP contribution is -2.60. The molecule has 0 spiro atoms. The fourth-order valence-corrected chi connectivity index (χ4v) is 3.40. The van der Waals surface area contributed by atoms with Crippen LogP contribution < -0.4 is 0 Å². The molecule has 0 bridgehead atoms. The Balaban J connectivity index is 1.95. The van der Waals surface area contributed by atoms with Crippen LogP contribution >= 0.6 is 15.9 Å². The largest absolute Gasteiger partial charge is 0.298 e. The summed E-state index contributed by atoms with van der Waals surface area (Å²) in [6.07, 6.45) is 4.26. The molecule has 2 aliphatic heterocycles. The van der Waals surface area contributed by atoms with Crippen molar-refractivity contribution in [2.45, 2.75) is 52.1 Å². The van der Waals surface area contributed by atoms with Crippen molar-refractivity contribution >= 4 is 15.9 Å². The zero-order valence-corrected chi connectivity index (χ0v) is 13.2. The van der Waals surface area contributed by atoms with Gasteiger partial charge in [0, 0.05) is 37.0 Å². The quantitative estimate of drug-likeness (QED) is 0.740. The highest BCUT2D eigenvalue weighted by atomic mass is 79.9. The zero-order chi connectivity index (χ0) is 12.5. The van der Waals surface area contributed by atoms with Crippen molar-refractivity contribution in [3.05, 3.63) is 0 Å². The fraction of sp³-hybridized carbons (Fsp3) is 1.00. The van der Waals surface area contributed by atoms with Crippen molar-refractivity contribution in [3.8, 4) is 0 Å². The minimum absolute atomic E-state index is 0.394. The Morgan fingerprint density at radius 1 is 1.24 bits per heavy atom. The first-order chi connectivity index (χ1) is 8.02. The van der Waals surface area contributed by atoms with Crippen LogP contribution in [0.15, 0.2) is 0 Å². The molecule has 0 radical (unpaired) electrons. The van der Waals surface area contributed by atoms with Gasteiger partial charge >= 0.3 is 0 Å². The molecule has 2 aliphatic rings. The summed E-state index contributed by atoms with van der Waals surface area (Å²) in [5, 5.41) is 1.09. The number of hydrogen-bond acceptors (Lipinski definition) is 2. The van der Waals surface area contributed by atoms with E-state index in [1.807, 2.05) is 0 Å². The van der Waals surface area contributed by atoms with E-state index in [1.165, 1.54) is 45.4 Å². The van der Waals surface area contributed by atoms with E-state index in [0.717, 1.165) is 17.4 Å². The molecule has 0 aromatic carbocycles. The van der Waals surface area contributed by atoms with Gasteiger partial charge in [0.25, 0.3) is 0 Å². The first-order valence-corrected chi connectivity index (χ1v) is 8.18. The number of piperidine rings is 1. The summed E-state index contributed by atoms with van der Waals surface area (Å²) in [6.45, 7) is 12.3. The molecule has 0 aromatic rings. The maximum atomic E-state index is 3.65. The molecule has 3 heteroatoms. The predicted molar refractivity (Wildman–Crippen MR) is 77.8 cm³/mol. The average molecular weight is 303 g/mol. The fourth-order valence-electron chi connectivity index (χ4n) is 3.23. The highest BCUT2D eigenvalue weighted by Gasteiger charge is 2.34. The van der Waals surface area contributed by atoms with Crippen molar-refractivity contribution in [3.63, 3.8) is 0 Å². The van der Waals surface area contributed by atoms with Gasteiger partial charge in [0.05, 0.1) is 0 Å². The van der Waals surface area contributed by atoms with Crippen molar-refractivity contribution in [1.82, 2.24) is 9.80 Å². The Bertz CT molecular complexity index is 255. The van der Waals surface area contributed by atoms with Gasteiger partial charge in [0.15, 0.2) is 0 Å². The molecular formula is C14H27BrN2. The molecule has 2 saturated heterocycles. The molecule has 2 nitrogen and oxygen atoms in total. The standard InChI is InChI=1S/C14H27BrN2/c1-12-8-16-7-5-4-6-13(16)9-17(12)11-14(2,3)10-15/h12-13H,4-11H2,1-3H3. The summed E-state index contributed by atoms with van der Waals surface area (Å²) in [7, 11) is 0. The number of alkyl halides is 1. The van der Waals surface area contributed by atoms with E-state index < -0.39 is 0 Å². The number of rotatable bonds is 3. The zero-order valence-electron chi connectivity index (χ0n) is 11.6. The first-order valence-electron chi connectivity index (χ1n) is 7.06. The van der Waals surface area contributed by atoms with Crippen molar-refractivity contribution in [2.24, 2.45) is 5.41 Å². The molecule has 17 heavy (non-hydrogen) atoms. The lowest BCUT2D eigenvalue weighted by molar-refractivity contribution is 0.00113. The van der Waals surface area contributed by atoms with Gasteiger partial charge in [-0.2, -0.15) is 0 Å². The van der Waals surface area contributed by atoms with Crippen LogP contribution in [0.1, 0.15) is 40.0 Å². The summed E-state index contributed by atoms with van der Waals surface area (Å²) in [5.41, 5.74) is 0.394. The second-order valence-corrected chi connectivity index (χ2v) is 7.28. The molecule has 2 atom stereocenters. The molecule has 0 amide bonds. The molecule has 0 N–H and O–H groups in total. The lowest BCUT2D eigenvalue weighted by Gasteiger charge is -2.49. The molecule has 2 heterocycles. The second-order valence-electron chi connectivity index (χ2n) is 6.72. The average Bonchev–Trinajstić information content (AvgIpc) is 2.30. The van der Waals surface area contributed by atoms with Crippen LogP contribution in [-0.4, -0.2) is 53.4 Å². The van der Waals surface area contributed by atoms with E-state index in [4.69, 9.17) is 0 Å². The highest BCUT2D eigenvalue weighted by Crippen LogP contribution is 2.27. The molecule has 0 saturated carbocycles. The van der Waals surface area contributed by atoms with E-state index in [1.54, 1.807) is 0 Å². The van der Waals surface area contributed by atoms with Gasteiger partial charge in [-0.05, 0) is 31.7 Å². The molecule has 100 valence electrons. The number of fused-ring (bicyclic) bond motifs is 1. The summed E-state index contributed by atoms with van der Waals surface area (Å²) in [5.74, 6) is 0. The second kappa shape index (κ2) is 5.58. The molecule has 2 rings (SSSR count). The van der Waals surface area contributed by atoms with Crippen LogP contribution in [0.2, 0.25) is 0 Å². The van der Waals surface area contributed by atoms with E-state index in [-0.39, 0.29) is 0 Å². The Morgan fingerprint density at radius 3 is 2.71 bits per heavy atom. The normalized spacial score (nSPS) is 32.5. The van der Waals surface area contributed by atoms with Crippen LogP contribution in [0.3, 0.4) is 0 Å². The smallest absolute Gasteiger partial charge is 0.0223 e. The van der Waals surface area contributed by atoms with Gasteiger partial charge in [0.1, 0.15) is 0 Å². The van der Waals surface area contributed by atoms with Crippen LogP contribution in [0, 0.1) is 5.41 Å². The van der Waals surface area contributed by atoms with Crippen molar-refractivity contribution in [1.29, 1.82) is 0 Å². The summed E-state index contributed by atoms with van der Waals surface area (Å²) in [6, 6.07) is 1.56. The minimum atomic E-state index is 0.394. The Kier molecular flexibility index (Phi) is 4.54. The van der Waals surface area contributed by atoms with Crippen molar-refractivity contribution in [2.75, 3.05) is 31.5 Å². The van der Waals surface area contributed by atoms with E-state index in [9.17, 15) is 0 Å². The Morgan fingerprint density at radius 2 is 2.00 bits per heavy atom. The Hall–Kier alpha value is 0.400. The van der Waals surface area contributed by atoms with E-state index in [0.29, 0.717) is 5.41 Å². The monoisotopic (exact) mass is 302 g/mol. The third-order valence-corrected chi connectivity index (χ3v) is 5.83. The predicted octanol–water partition coefficient (Wildman–Crippen LogP) is 2.97. The van der Waals surface area contributed by atoms with E-state index >= 15 is 0 Å².